The quantitative estimate of drug-likeness (QED) is 0.584. The number of rotatable bonds is 4. The summed E-state index contributed by atoms with van der Waals surface area (Å²) in [7, 11) is 1.81. The molecule has 0 saturated carbocycles. The Morgan fingerprint density at radius 3 is 2.29 bits per heavy atom. The molecule has 0 unspecified atom stereocenters. The maximum atomic E-state index is 11.2. The molecule has 92 valence electrons. The van der Waals surface area contributed by atoms with Gasteiger partial charge in [0.05, 0.1) is 4.88 Å². The molecule has 0 amide bonds. The Morgan fingerprint density at radius 2 is 1.88 bits per heavy atom. The molecule has 1 aromatic rings. The highest BCUT2D eigenvalue weighted by Gasteiger charge is 2.07. The van der Waals surface area contributed by atoms with E-state index >= 15 is 0 Å². The van der Waals surface area contributed by atoms with Gasteiger partial charge in [-0.05, 0) is 43.5 Å². The molecule has 0 fully saturated rings. The lowest BCUT2D eigenvalue weighted by molar-refractivity contribution is 0.102. The molecular weight excluding hydrogens is 230 g/mol. The molecule has 0 N–H and O–H groups in total. The number of Topliss-reactive ketones (excluding diaryl/α,β-unsaturated/α-hetero) is 1. The molecule has 3 heteroatoms. The molecule has 0 aliphatic rings. The van der Waals surface area contributed by atoms with Crippen molar-refractivity contribution < 1.29 is 4.79 Å². The average molecular weight is 249 g/mol. The van der Waals surface area contributed by atoms with E-state index in [4.69, 9.17) is 0 Å². The van der Waals surface area contributed by atoms with Gasteiger partial charge in [-0.3, -0.25) is 9.79 Å². The number of thiophene rings is 1. The van der Waals surface area contributed by atoms with Gasteiger partial charge in [-0.25, -0.2) is 0 Å². The van der Waals surface area contributed by atoms with Crippen LogP contribution < -0.4 is 0 Å². The number of hydrogen-bond donors (Lipinski definition) is 0. The molecule has 0 aromatic carbocycles. The fourth-order valence-corrected chi connectivity index (χ4v) is 2.39. The van der Waals surface area contributed by atoms with Gasteiger partial charge in [-0.15, -0.1) is 11.3 Å². The van der Waals surface area contributed by atoms with Crippen molar-refractivity contribution in [1.29, 1.82) is 0 Å². The molecule has 0 aliphatic heterocycles. The molecule has 2 nitrogen and oxygen atoms in total. The van der Waals surface area contributed by atoms with Gasteiger partial charge < -0.3 is 0 Å². The predicted octanol–water partition coefficient (Wildman–Crippen LogP) is 4.08. The molecule has 0 bridgehead atoms. The SMILES string of the molecule is CN=C(/C=C(\C)c1ccc(C(C)=O)s1)C(C)C. The summed E-state index contributed by atoms with van der Waals surface area (Å²) in [5, 5.41) is 0. The number of ketones is 1. The van der Waals surface area contributed by atoms with Crippen molar-refractivity contribution in [3.63, 3.8) is 0 Å². The van der Waals surface area contributed by atoms with E-state index in [2.05, 4.69) is 31.8 Å². The van der Waals surface area contributed by atoms with Gasteiger partial charge in [0.2, 0.25) is 0 Å². The van der Waals surface area contributed by atoms with E-state index in [1.807, 2.05) is 19.2 Å². The highest BCUT2D eigenvalue weighted by Crippen LogP contribution is 2.24. The van der Waals surface area contributed by atoms with E-state index in [0.29, 0.717) is 5.92 Å². The summed E-state index contributed by atoms with van der Waals surface area (Å²) in [6, 6.07) is 3.89. The zero-order valence-corrected chi connectivity index (χ0v) is 11.9. The average Bonchev–Trinajstić information content (AvgIpc) is 2.74. The van der Waals surface area contributed by atoms with E-state index in [9.17, 15) is 4.79 Å². The zero-order chi connectivity index (χ0) is 13.0. The topological polar surface area (TPSA) is 29.4 Å². The van der Waals surface area contributed by atoms with Crippen molar-refractivity contribution in [2.45, 2.75) is 27.7 Å². The fraction of sp³-hybridized carbons (Fsp3) is 0.429. The molecule has 0 spiro atoms. The number of hydrogen-bond acceptors (Lipinski definition) is 3. The van der Waals surface area contributed by atoms with Crippen LogP contribution in [0.4, 0.5) is 0 Å². The molecule has 0 radical (unpaired) electrons. The third kappa shape index (κ3) is 3.63. The normalized spacial score (nSPS) is 13.3. The maximum Gasteiger partial charge on any atom is 0.169 e. The maximum absolute atomic E-state index is 11.2. The lowest BCUT2D eigenvalue weighted by Gasteiger charge is -2.05. The van der Waals surface area contributed by atoms with Crippen LogP contribution >= 0.6 is 11.3 Å². The van der Waals surface area contributed by atoms with Crippen LogP contribution in [0, 0.1) is 5.92 Å². The zero-order valence-electron chi connectivity index (χ0n) is 11.1. The minimum atomic E-state index is 0.127. The molecule has 1 rings (SSSR count). The highest BCUT2D eigenvalue weighted by atomic mass is 32.1. The van der Waals surface area contributed by atoms with Crippen molar-refractivity contribution in [3.05, 3.63) is 28.0 Å². The van der Waals surface area contributed by atoms with Gasteiger partial charge in [0, 0.05) is 17.6 Å². The van der Waals surface area contributed by atoms with Gasteiger partial charge in [-0.2, -0.15) is 0 Å². The summed E-state index contributed by atoms with van der Waals surface area (Å²) in [5.74, 6) is 0.546. The van der Waals surface area contributed by atoms with Crippen LogP contribution in [0.3, 0.4) is 0 Å². The van der Waals surface area contributed by atoms with E-state index in [0.717, 1.165) is 21.0 Å². The van der Waals surface area contributed by atoms with Gasteiger partial charge in [0.1, 0.15) is 0 Å². The molecule has 1 heterocycles. The summed E-state index contributed by atoms with van der Waals surface area (Å²) in [6.07, 6.45) is 2.10. The summed E-state index contributed by atoms with van der Waals surface area (Å²) >= 11 is 1.54. The molecule has 17 heavy (non-hydrogen) atoms. The molecule has 1 aromatic heterocycles. The Kier molecular flexibility index (Phi) is 4.82. The Balaban J connectivity index is 2.99. The number of carbonyl (C=O) groups is 1. The van der Waals surface area contributed by atoms with E-state index in [1.165, 1.54) is 0 Å². The summed E-state index contributed by atoms with van der Waals surface area (Å²) in [4.78, 5) is 17.5. The lowest BCUT2D eigenvalue weighted by Crippen LogP contribution is -2.03. The smallest absolute Gasteiger partial charge is 0.169 e. The molecular formula is C14H19NOS. The number of nitrogens with zero attached hydrogens (tertiary/aromatic N) is 1. The van der Waals surface area contributed by atoms with E-state index in [-0.39, 0.29) is 5.78 Å². The van der Waals surface area contributed by atoms with Crippen LogP contribution in [0.1, 0.15) is 42.2 Å². The number of allylic oxidation sites excluding steroid dienone is 2. The van der Waals surface area contributed by atoms with Crippen molar-refractivity contribution in [3.8, 4) is 0 Å². The second-order valence-corrected chi connectivity index (χ2v) is 5.43. The lowest BCUT2D eigenvalue weighted by atomic mass is 10.1. The third-order valence-corrected chi connectivity index (χ3v) is 3.88. The minimum absolute atomic E-state index is 0.127. The Bertz CT molecular complexity index is 466. The number of aliphatic imine (C=N–C) groups is 1. The van der Waals surface area contributed by atoms with Crippen LogP contribution in [0.25, 0.3) is 5.57 Å². The molecule has 0 saturated heterocycles. The fourth-order valence-electron chi connectivity index (χ4n) is 1.52. The van der Waals surface area contributed by atoms with Crippen LogP contribution in [0.15, 0.2) is 23.2 Å². The summed E-state index contributed by atoms with van der Waals surface area (Å²) in [5.41, 5.74) is 2.25. The molecule has 0 aliphatic carbocycles. The first-order valence-corrected chi connectivity index (χ1v) is 6.53. The van der Waals surface area contributed by atoms with Crippen LogP contribution in [0.5, 0.6) is 0 Å². The van der Waals surface area contributed by atoms with Crippen molar-refractivity contribution in [2.24, 2.45) is 10.9 Å². The Morgan fingerprint density at radius 1 is 1.29 bits per heavy atom. The standard InChI is InChI=1S/C14H19NOS/c1-9(2)12(15-5)8-10(3)13-6-7-14(17-13)11(4)16/h6-9H,1-5H3/b10-8+,15-12?. The van der Waals surface area contributed by atoms with Gasteiger partial charge in [0.25, 0.3) is 0 Å². The first-order valence-electron chi connectivity index (χ1n) is 5.71. The van der Waals surface area contributed by atoms with Crippen LogP contribution in [-0.4, -0.2) is 18.5 Å². The van der Waals surface area contributed by atoms with E-state index < -0.39 is 0 Å². The second kappa shape index (κ2) is 5.92. The summed E-state index contributed by atoms with van der Waals surface area (Å²) in [6.45, 7) is 7.91. The minimum Gasteiger partial charge on any atom is -0.294 e. The number of carbonyl (C=O) groups excluding carboxylic acids is 1. The van der Waals surface area contributed by atoms with E-state index in [1.54, 1.807) is 18.3 Å². The van der Waals surface area contributed by atoms with Crippen molar-refractivity contribution >= 4 is 28.4 Å². The van der Waals surface area contributed by atoms with Crippen LogP contribution in [0.2, 0.25) is 0 Å². The third-order valence-electron chi connectivity index (χ3n) is 2.56. The van der Waals surface area contributed by atoms with Crippen LogP contribution in [-0.2, 0) is 0 Å². The Labute approximate surface area is 107 Å². The molecule has 0 atom stereocenters. The largest absolute Gasteiger partial charge is 0.294 e. The first kappa shape index (κ1) is 13.8. The van der Waals surface area contributed by atoms with Gasteiger partial charge in [-0.1, -0.05) is 13.8 Å². The second-order valence-electron chi connectivity index (χ2n) is 4.35. The van der Waals surface area contributed by atoms with Gasteiger partial charge in [0.15, 0.2) is 5.78 Å². The van der Waals surface area contributed by atoms with Crippen molar-refractivity contribution in [1.82, 2.24) is 0 Å². The monoisotopic (exact) mass is 249 g/mol. The Hall–Kier alpha value is -1.22. The van der Waals surface area contributed by atoms with Gasteiger partial charge >= 0.3 is 0 Å². The highest BCUT2D eigenvalue weighted by molar-refractivity contribution is 7.15. The predicted molar refractivity (Wildman–Crippen MR) is 76.2 cm³/mol. The first-order chi connectivity index (χ1) is 7.95. The van der Waals surface area contributed by atoms with Crippen molar-refractivity contribution in [2.75, 3.05) is 7.05 Å². The summed E-state index contributed by atoms with van der Waals surface area (Å²) < 4.78 is 0.